The Kier molecular flexibility index (Phi) is 7.89. The van der Waals surface area contributed by atoms with E-state index < -0.39 is 5.63 Å². The van der Waals surface area contributed by atoms with Gasteiger partial charge in [0.05, 0.1) is 37.5 Å². The van der Waals surface area contributed by atoms with Crippen LogP contribution in [0.25, 0.3) is 11.0 Å². The number of carbonyl (C=O) groups is 1. The number of rotatable bonds is 9. The third-order valence-corrected chi connectivity index (χ3v) is 7.66. The number of fused-ring (bicyclic) bond motifs is 2. The van der Waals surface area contributed by atoms with Crippen LogP contribution in [0.4, 0.5) is 0 Å². The topological polar surface area (TPSA) is 78.2 Å². The van der Waals surface area contributed by atoms with Gasteiger partial charge in [0.15, 0.2) is 11.5 Å². The van der Waals surface area contributed by atoms with Gasteiger partial charge in [0.2, 0.25) is 5.91 Å². The van der Waals surface area contributed by atoms with Gasteiger partial charge in [-0.25, -0.2) is 4.79 Å². The van der Waals surface area contributed by atoms with Crippen LogP contribution in [-0.4, -0.2) is 43.9 Å². The molecular formula is C30H29NO6S. The first-order valence-corrected chi connectivity index (χ1v) is 13.5. The lowest BCUT2D eigenvalue weighted by atomic mass is 9.92. The first-order valence-electron chi connectivity index (χ1n) is 12.4. The molecule has 1 amide bonds. The zero-order valence-corrected chi connectivity index (χ0v) is 22.2. The molecule has 0 N–H and O–H groups in total. The predicted molar refractivity (Wildman–Crippen MR) is 148 cm³/mol. The number of methoxy groups -OCH3 is 2. The summed E-state index contributed by atoms with van der Waals surface area (Å²) in [7, 11) is 3.20. The Labute approximate surface area is 225 Å². The van der Waals surface area contributed by atoms with Crippen LogP contribution in [0.3, 0.4) is 0 Å². The van der Waals surface area contributed by atoms with Crippen LogP contribution < -0.4 is 19.8 Å². The number of hydrogen-bond acceptors (Lipinski definition) is 7. The minimum atomic E-state index is -0.487. The van der Waals surface area contributed by atoms with Crippen molar-refractivity contribution < 1.29 is 23.4 Å². The van der Waals surface area contributed by atoms with Gasteiger partial charge in [-0.3, -0.25) is 4.79 Å². The first-order chi connectivity index (χ1) is 18.6. The standard InChI is InChI=1S/C30H29NO6S/c1-34-27-14-21-12-13-31(29(32)19-38-18-20-8-4-3-5-9-20)24(23(21)15-28(27)35-2)17-36-26-16-30(33)37-25-11-7-6-10-22(25)26/h3-11,14-16,24H,12-13,17-19H2,1-2H3. The third-order valence-electron chi connectivity index (χ3n) is 6.67. The summed E-state index contributed by atoms with van der Waals surface area (Å²) in [5.74, 6) is 2.82. The lowest BCUT2D eigenvalue weighted by molar-refractivity contribution is -0.132. The molecule has 8 heteroatoms. The normalized spacial score (nSPS) is 14.7. The molecule has 196 valence electrons. The second-order valence-electron chi connectivity index (χ2n) is 8.97. The van der Waals surface area contributed by atoms with Gasteiger partial charge in [-0.15, -0.1) is 11.8 Å². The second kappa shape index (κ2) is 11.6. The lowest BCUT2D eigenvalue weighted by Crippen LogP contribution is -2.43. The zero-order valence-electron chi connectivity index (χ0n) is 21.3. The summed E-state index contributed by atoms with van der Waals surface area (Å²) in [6.07, 6.45) is 0.694. The highest BCUT2D eigenvalue weighted by molar-refractivity contribution is 7.99. The summed E-state index contributed by atoms with van der Waals surface area (Å²) in [6, 6.07) is 22.2. The molecule has 38 heavy (non-hydrogen) atoms. The number of para-hydroxylation sites is 1. The molecule has 1 atom stereocenters. The zero-order chi connectivity index (χ0) is 26.5. The van der Waals surface area contributed by atoms with Crippen LogP contribution in [-0.2, 0) is 17.0 Å². The van der Waals surface area contributed by atoms with Crippen LogP contribution in [0.15, 0.2) is 82.0 Å². The van der Waals surface area contributed by atoms with Crippen molar-refractivity contribution in [2.75, 3.05) is 33.1 Å². The van der Waals surface area contributed by atoms with Crippen molar-refractivity contribution in [3.05, 3.63) is 99.9 Å². The fourth-order valence-electron chi connectivity index (χ4n) is 4.79. The summed E-state index contributed by atoms with van der Waals surface area (Å²) in [5, 5.41) is 0.701. The van der Waals surface area contributed by atoms with Crippen molar-refractivity contribution in [1.29, 1.82) is 0 Å². The molecule has 5 rings (SSSR count). The molecule has 0 bridgehead atoms. The predicted octanol–water partition coefficient (Wildman–Crippen LogP) is 5.25. The molecule has 1 unspecified atom stereocenters. The summed E-state index contributed by atoms with van der Waals surface area (Å²) >= 11 is 1.59. The molecule has 0 aliphatic carbocycles. The monoisotopic (exact) mass is 531 g/mol. The number of thioether (sulfide) groups is 1. The molecule has 0 saturated carbocycles. The number of hydrogen-bond donors (Lipinski definition) is 0. The first kappa shape index (κ1) is 25.7. The van der Waals surface area contributed by atoms with Crippen LogP contribution in [0.2, 0.25) is 0 Å². The summed E-state index contributed by atoms with van der Waals surface area (Å²) in [4.78, 5) is 27.5. The van der Waals surface area contributed by atoms with E-state index in [0.29, 0.717) is 46.9 Å². The van der Waals surface area contributed by atoms with Gasteiger partial charge in [0, 0.05) is 12.3 Å². The number of ether oxygens (including phenoxy) is 3. The number of carbonyl (C=O) groups excluding carboxylic acids is 1. The molecule has 0 fully saturated rings. The average Bonchev–Trinajstić information content (AvgIpc) is 2.95. The Bertz CT molecular complexity index is 1490. The highest BCUT2D eigenvalue weighted by Crippen LogP contribution is 2.39. The maximum absolute atomic E-state index is 13.5. The van der Waals surface area contributed by atoms with Crippen molar-refractivity contribution in [3.8, 4) is 17.2 Å². The Balaban J connectivity index is 1.42. The van der Waals surface area contributed by atoms with Crippen molar-refractivity contribution in [2.24, 2.45) is 0 Å². The second-order valence-corrected chi connectivity index (χ2v) is 9.96. The van der Waals surface area contributed by atoms with E-state index >= 15 is 0 Å². The Morgan fingerprint density at radius 1 is 0.974 bits per heavy atom. The summed E-state index contributed by atoms with van der Waals surface area (Å²) < 4.78 is 22.6. The molecule has 7 nitrogen and oxygen atoms in total. The molecule has 1 aliphatic rings. The summed E-state index contributed by atoms with van der Waals surface area (Å²) in [6.45, 7) is 0.726. The fraction of sp³-hybridized carbons (Fsp3) is 0.267. The molecule has 0 saturated heterocycles. The molecule has 1 aliphatic heterocycles. The number of nitrogens with zero attached hydrogens (tertiary/aromatic N) is 1. The Morgan fingerprint density at radius 2 is 1.71 bits per heavy atom. The van der Waals surface area contributed by atoms with Crippen LogP contribution >= 0.6 is 11.8 Å². The number of benzene rings is 3. The molecule has 3 aromatic carbocycles. The van der Waals surface area contributed by atoms with E-state index in [2.05, 4.69) is 12.1 Å². The fourth-order valence-corrected chi connectivity index (χ4v) is 5.66. The van der Waals surface area contributed by atoms with Crippen LogP contribution in [0.5, 0.6) is 17.2 Å². The van der Waals surface area contributed by atoms with Gasteiger partial charge < -0.3 is 23.5 Å². The van der Waals surface area contributed by atoms with Gasteiger partial charge in [-0.1, -0.05) is 42.5 Å². The van der Waals surface area contributed by atoms with E-state index in [-0.39, 0.29) is 18.6 Å². The van der Waals surface area contributed by atoms with Crippen molar-refractivity contribution >= 4 is 28.6 Å². The van der Waals surface area contributed by atoms with Gasteiger partial charge >= 0.3 is 5.63 Å². The van der Waals surface area contributed by atoms with Gasteiger partial charge in [0.25, 0.3) is 0 Å². The highest BCUT2D eigenvalue weighted by Gasteiger charge is 2.33. The van der Waals surface area contributed by atoms with Gasteiger partial charge in [-0.2, -0.15) is 0 Å². The quantitative estimate of drug-likeness (QED) is 0.273. The molecule has 4 aromatic rings. The lowest BCUT2D eigenvalue weighted by Gasteiger charge is -2.37. The minimum Gasteiger partial charge on any atom is -0.493 e. The Morgan fingerprint density at radius 3 is 2.50 bits per heavy atom. The van der Waals surface area contributed by atoms with E-state index in [1.807, 2.05) is 47.4 Å². The van der Waals surface area contributed by atoms with Gasteiger partial charge in [0.1, 0.15) is 17.9 Å². The van der Waals surface area contributed by atoms with E-state index in [1.165, 1.54) is 11.6 Å². The number of amides is 1. The van der Waals surface area contributed by atoms with Crippen LogP contribution in [0.1, 0.15) is 22.7 Å². The summed E-state index contributed by atoms with van der Waals surface area (Å²) in [5.41, 5.74) is 3.17. The minimum absolute atomic E-state index is 0.0393. The largest absolute Gasteiger partial charge is 0.493 e. The average molecular weight is 532 g/mol. The third kappa shape index (κ3) is 5.50. The molecule has 2 heterocycles. The van der Waals surface area contributed by atoms with E-state index in [9.17, 15) is 9.59 Å². The molecule has 0 radical (unpaired) electrons. The maximum atomic E-state index is 13.5. The molecular weight excluding hydrogens is 502 g/mol. The van der Waals surface area contributed by atoms with Gasteiger partial charge in [-0.05, 0) is 47.4 Å². The van der Waals surface area contributed by atoms with E-state index in [0.717, 1.165) is 16.9 Å². The molecule has 0 spiro atoms. The highest BCUT2D eigenvalue weighted by atomic mass is 32.2. The Hall–Kier alpha value is -3.91. The maximum Gasteiger partial charge on any atom is 0.339 e. The van der Waals surface area contributed by atoms with Crippen molar-refractivity contribution in [1.82, 2.24) is 4.90 Å². The van der Waals surface area contributed by atoms with E-state index in [4.69, 9.17) is 18.6 Å². The van der Waals surface area contributed by atoms with Crippen molar-refractivity contribution in [3.63, 3.8) is 0 Å². The van der Waals surface area contributed by atoms with Crippen molar-refractivity contribution in [2.45, 2.75) is 18.2 Å². The SMILES string of the molecule is COc1cc2c(cc1OC)C(COc1cc(=O)oc3ccccc13)N(C(=O)CSCc1ccccc1)CC2. The smallest absolute Gasteiger partial charge is 0.339 e. The van der Waals surface area contributed by atoms with E-state index in [1.54, 1.807) is 38.1 Å². The molecule has 1 aromatic heterocycles. The van der Waals surface area contributed by atoms with Crippen LogP contribution in [0, 0.1) is 0 Å².